The lowest BCUT2D eigenvalue weighted by atomic mass is 10.2. The Morgan fingerprint density at radius 1 is 1.19 bits per heavy atom. The van der Waals surface area contributed by atoms with Gasteiger partial charge in [0, 0.05) is 15.0 Å². The number of hydrogen-bond acceptors (Lipinski definition) is 5. The van der Waals surface area contributed by atoms with Crippen LogP contribution in [0.25, 0.3) is 5.57 Å². The second-order valence-electron chi connectivity index (χ2n) is 6.04. The van der Waals surface area contributed by atoms with Crippen molar-refractivity contribution in [3.05, 3.63) is 56.8 Å². The second kappa shape index (κ2) is 8.16. The molecule has 2 aromatic rings. The van der Waals surface area contributed by atoms with Crippen molar-refractivity contribution in [1.29, 1.82) is 0 Å². The molecule has 1 aromatic heterocycles. The maximum Gasteiger partial charge on any atom is 0.278 e. The van der Waals surface area contributed by atoms with E-state index in [2.05, 4.69) is 21.2 Å². The zero-order valence-corrected chi connectivity index (χ0v) is 16.9. The SMILES string of the molecule is CC(C)OCCN1C(=O)C(Nc2cccc(Br)c2)=C(c2cccs2)C1=O. The van der Waals surface area contributed by atoms with Crippen LogP contribution in [-0.4, -0.2) is 36.0 Å². The molecule has 2 amide bonds. The van der Waals surface area contributed by atoms with Crippen molar-refractivity contribution in [2.24, 2.45) is 0 Å². The molecule has 0 radical (unpaired) electrons. The van der Waals surface area contributed by atoms with Gasteiger partial charge >= 0.3 is 0 Å². The average Bonchev–Trinajstić information content (AvgIpc) is 3.17. The largest absolute Gasteiger partial charge is 0.377 e. The smallest absolute Gasteiger partial charge is 0.278 e. The Morgan fingerprint density at radius 3 is 2.65 bits per heavy atom. The molecule has 1 N–H and O–H groups in total. The van der Waals surface area contributed by atoms with Crippen LogP contribution >= 0.6 is 27.3 Å². The van der Waals surface area contributed by atoms with Crippen LogP contribution in [0.1, 0.15) is 18.7 Å². The fourth-order valence-electron chi connectivity index (χ4n) is 2.63. The third kappa shape index (κ3) is 4.06. The summed E-state index contributed by atoms with van der Waals surface area (Å²) in [6.07, 6.45) is 0.0480. The van der Waals surface area contributed by atoms with Crippen LogP contribution in [-0.2, 0) is 14.3 Å². The van der Waals surface area contributed by atoms with E-state index in [1.807, 2.05) is 55.6 Å². The van der Waals surface area contributed by atoms with Crippen molar-refractivity contribution in [3.8, 4) is 0 Å². The summed E-state index contributed by atoms with van der Waals surface area (Å²) in [4.78, 5) is 27.8. The number of carbonyl (C=O) groups excluding carboxylic acids is 2. The van der Waals surface area contributed by atoms with Crippen molar-refractivity contribution in [2.75, 3.05) is 18.5 Å². The van der Waals surface area contributed by atoms with E-state index in [-0.39, 0.29) is 24.5 Å². The van der Waals surface area contributed by atoms with Crippen LogP contribution in [0.4, 0.5) is 5.69 Å². The van der Waals surface area contributed by atoms with E-state index in [0.717, 1.165) is 15.0 Å². The molecule has 0 saturated heterocycles. The molecule has 136 valence electrons. The summed E-state index contributed by atoms with van der Waals surface area (Å²) >= 11 is 4.86. The van der Waals surface area contributed by atoms with Gasteiger partial charge in [0.25, 0.3) is 11.8 Å². The van der Waals surface area contributed by atoms with Crippen molar-refractivity contribution in [2.45, 2.75) is 20.0 Å². The first-order valence-electron chi connectivity index (χ1n) is 8.26. The summed E-state index contributed by atoms with van der Waals surface area (Å²) in [7, 11) is 0. The van der Waals surface area contributed by atoms with Crippen molar-refractivity contribution < 1.29 is 14.3 Å². The van der Waals surface area contributed by atoms with E-state index in [9.17, 15) is 9.59 Å². The van der Waals surface area contributed by atoms with Gasteiger partial charge in [-0.15, -0.1) is 11.3 Å². The molecule has 0 fully saturated rings. The molecule has 5 nitrogen and oxygen atoms in total. The maximum atomic E-state index is 12.9. The van der Waals surface area contributed by atoms with Gasteiger partial charge in [-0.1, -0.05) is 28.1 Å². The number of rotatable bonds is 7. The fourth-order valence-corrected chi connectivity index (χ4v) is 3.80. The number of halogens is 1. The molecule has 26 heavy (non-hydrogen) atoms. The Hall–Kier alpha value is -1.96. The molecule has 7 heteroatoms. The zero-order chi connectivity index (χ0) is 18.7. The van der Waals surface area contributed by atoms with Gasteiger partial charge in [-0.05, 0) is 43.5 Å². The molecule has 2 heterocycles. The zero-order valence-electron chi connectivity index (χ0n) is 14.5. The lowest BCUT2D eigenvalue weighted by molar-refractivity contribution is -0.137. The highest BCUT2D eigenvalue weighted by Crippen LogP contribution is 2.33. The summed E-state index contributed by atoms with van der Waals surface area (Å²) < 4.78 is 6.40. The molecular formula is C19H19BrN2O3S. The van der Waals surface area contributed by atoms with Crippen LogP contribution in [0.5, 0.6) is 0 Å². The summed E-state index contributed by atoms with van der Waals surface area (Å²) in [6.45, 7) is 4.39. The average molecular weight is 435 g/mol. The molecule has 0 atom stereocenters. The molecular weight excluding hydrogens is 416 g/mol. The number of nitrogens with zero attached hydrogens (tertiary/aromatic N) is 1. The number of hydrogen-bond donors (Lipinski definition) is 1. The van der Waals surface area contributed by atoms with Crippen molar-refractivity contribution >= 4 is 50.3 Å². The van der Waals surface area contributed by atoms with Crippen molar-refractivity contribution in [1.82, 2.24) is 4.90 Å². The van der Waals surface area contributed by atoms with Crippen molar-refractivity contribution in [3.63, 3.8) is 0 Å². The Labute approximate surface area is 164 Å². The molecule has 0 saturated carbocycles. The molecule has 1 aliphatic heterocycles. The second-order valence-corrected chi connectivity index (χ2v) is 7.91. The molecule has 0 aliphatic carbocycles. The lowest BCUT2D eigenvalue weighted by Gasteiger charge is -2.16. The van der Waals surface area contributed by atoms with E-state index in [1.54, 1.807) is 0 Å². The number of ether oxygens (including phenoxy) is 1. The van der Waals surface area contributed by atoms with Gasteiger partial charge in [-0.3, -0.25) is 14.5 Å². The number of nitrogens with one attached hydrogen (secondary N) is 1. The minimum absolute atomic E-state index is 0.0480. The molecule has 0 spiro atoms. The van der Waals surface area contributed by atoms with Crippen LogP contribution in [0.15, 0.2) is 51.9 Å². The quantitative estimate of drug-likeness (QED) is 0.665. The highest BCUT2D eigenvalue weighted by molar-refractivity contribution is 9.10. The normalized spacial score (nSPS) is 14.7. The van der Waals surface area contributed by atoms with Gasteiger partial charge < -0.3 is 10.1 Å². The Balaban J connectivity index is 1.90. The molecule has 0 bridgehead atoms. The van der Waals surface area contributed by atoms with E-state index < -0.39 is 0 Å². The first kappa shape index (κ1) is 18.8. The minimum atomic E-state index is -0.328. The predicted molar refractivity (Wildman–Crippen MR) is 107 cm³/mol. The number of imide groups is 1. The molecule has 3 rings (SSSR count). The summed E-state index contributed by atoms with van der Waals surface area (Å²) in [5.41, 5.74) is 1.46. The van der Waals surface area contributed by atoms with Crippen LogP contribution < -0.4 is 5.32 Å². The monoisotopic (exact) mass is 434 g/mol. The van der Waals surface area contributed by atoms with Crippen LogP contribution in [0.2, 0.25) is 0 Å². The Kier molecular flexibility index (Phi) is 5.90. The highest BCUT2D eigenvalue weighted by atomic mass is 79.9. The van der Waals surface area contributed by atoms with Gasteiger partial charge in [0.2, 0.25) is 0 Å². The van der Waals surface area contributed by atoms with Gasteiger partial charge in [0.15, 0.2) is 0 Å². The molecule has 0 unspecified atom stereocenters. The minimum Gasteiger partial charge on any atom is -0.377 e. The summed E-state index contributed by atoms with van der Waals surface area (Å²) in [5, 5.41) is 5.02. The van der Waals surface area contributed by atoms with E-state index in [4.69, 9.17) is 4.74 Å². The summed E-state index contributed by atoms with van der Waals surface area (Å²) in [6, 6.07) is 11.2. The Bertz CT molecular complexity index is 846. The maximum absolute atomic E-state index is 12.9. The van der Waals surface area contributed by atoms with Gasteiger partial charge in [-0.25, -0.2) is 0 Å². The van der Waals surface area contributed by atoms with Gasteiger partial charge in [-0.2, -0.15) is 0 Å². The first-order valence-corrected chi connectivity index (χ1v) is 9.93. The predicted octanol–water partition coefficient (Wildman–Crippen LogP) is 4.13. The Morgan fingerprint density at radius 2 is 2.00 bits per heavy atom. The number of amides is 2. The number of carbonyl (C=O) groups is 2. The van der Waals surface area contributed by atoms with Crippen LogP contribution in [0, 0.1) is 0 Å². The van der Waals surface area contributed by atoms with E-state index in [0.29, 0.717) is 17.9 Å². The highest BCUT2D eigenvalue weighted by Gasteiger charge is 2.39. The number of anilines is 1. The van der Waals surface area contributed by atoms with Crippen LogP contribution in [0.3, 0.4) is 0 Å². The van der Waals surface area contributed by atoms with E-state index >= 15 is 0 Å². The van der Waals surface area contributed by atoms with Gasteiger partial charge in [0.1, 0.15) is 5.70 Å². The summed E-state index contributed by atoms with van der Waals surface area (Å²) in [5.74, 6) is -0.618. The first-order chi connectivity index (χ1) is 12.5. The third-order valence-electron chi connectivity index (χ3n) is 3.80. The topological polar surface area (TPSA) is 58.6 Å². The number of thiophene rings is 1. The lowest BCUT2D eigenvalue weighted by Crippen LogP contribution is -2.35. The standard InChI is InChI=1S/C19H19BrN2O3S/c1-12(2)25-9-8-22-18(23)16(15-7-4-10-26-15)17(19(22)24)21-14-6-3-5-13(20)11-14/h3-7,10-12,21H,8-9H2,1-2H3. The third-order valence-corrected chi connectivity index (χ3v) is 5.18. The fraction of sp³-hybridized carbons (Fsp3) is 0.263. The number of benzene rings is 1. The van der Waals surface area contributed by atoms with Gasteiger partial charge in [0.05, 0.1) is 24.8 Å². The molecule has 1 aliphatic rings. The molecule has 1 aromatic carbocycles. The van der Waals surface area contributed by atoms with E-state index in [1.165, 1.54) is 16.2 Å².